The molecule has 0 unspecified atom stereocenters. The van der Waals surface area contributed by atoms with E-state index in [9.17, 15) is 18.0 Å². The summed E-state index contributed by atoms with van der Waals surface area (Å²) >= 11 is 0. The van der Waals surface area contributed by atoms with Crippen LogP contribution in [0.3, 0.4) is 0 Å². The maximum Gasteiger partial charge on any atom is 0.573 e. The highest BCUT2D eigenvalue weighted by molar-refractivity contribution is 6.00. The number of aryl methyl sites for hydroxylation is 1. The Hall–Kier alpha value is -2.57. The van der Waals surface area contributed by atoms with Crippen LogP contribution in [0.15, 0.2) is 36.5 Å². The van der Waals surface area contributed by atoms with Crippen molar-refractivity contribution >= 4 is 5.91 Å². The molecule has 1 aromatic carbocycles. The quantitative estimate of drug-likeness (QED) is 0.946. The second kappa shape index (κ2) is 5.43. The van der Waals surface area contributed by atoms with Gasteiger partial charge in [0.05, 0.1) is 11.3 Å². The molecular formula is C14H11F3N2O2. The van der Waals surface area contributed by atoms with Crippen LogP contribution in [-0.4, -0.2) is 17.3 Å². The van der Waals surface area contributed by atoms with Crippen LogP contribution in [-0.2, 0) is 0 Å². The molecular weight excluding hydrogens is 285 g/mol. The molecule has 0 bridgehead atoms. The van der Waals surface area contributed by atoms with Gasteiger partial charge in [-0.2, -0.15) is 0 Å². The Balaban J connectivity index is 2.63. The van der Waals surface area contributed by atoms with E-state index in [1.807, 2.05) is 0 Å². The lowest BCUT2D eigenvalue weighted by molar-refractivity contribution is -0.274. The number of ether oxygens (including phenoxy) is 1. The number of alkyl halides is 3. The van der Waals surface area contributed by atoms with Crippen LogP contribution in [0.4, 0.5) is 13.2 Å². The minimum absolute atomic E-state index is 0.0484. The number of hydrogen-bond donors (Lipinski definition) is 1. The van der Waals surface area contributed by atoms with Crippen LogP contribution in [0, 0.1) is 6.92 Å². The first-order valence-electron chi connectivity index (χ1n) is 5.90. The Morgan fingerprint density at radius 1 is 1.24 bits per heavy atom. The third-order valence-electron chi connectivity index (χ3n) is 2.77. The van der Waals surface area contributed by atoms with Crippen LogP contribution in [0.25, 0.3) is 11.3 Å². The minimum atomic E-state index is -4.84. The zero-order valence-corrected chi connectivity index (χ0v) is 10.9. The number of hydrogen-bond acceptors (Lipinski definition) is 3. The Labute approximate surface area is 118 Å². The zero-order valence-electron chi connectivity index (χ0n) is 10.9. The third kappa shape index (κ3) is 3.31. The Morgan fingerprint density at radius 3 is 2.52 bits per heavy atom. The summed E-state index contributed by atoms with van der Waals surface area (Å²) in [6.07, 6.45) is -3.45. The lowest BCUT2D eigenvalue weighted by Gasteiger charge is -2.15. The number of nitrogens with two attached hydrogens (primary N) is 1. The van der Waals surface area contributed by atoms with Crippen molar-refractivity contribution in [3.63, 3.8) is 0 Å². The van der Waals surface area contributed by atoms with Gasteiger partial charge in [0, 0.05) is 11.8 Å². The highest BCUT2D eigenvalue weighted by Gasteiger charge is 2.32. The molecule has 0 aliphatic heterocycles. The second-order valence-corrected chi connectivity index (χ2v) is 4.26. The van der Waals surface area contributed by atoms with Gasteiger partial charge in [0.2, 0.25) is 0 Å². The largest absolute Gasteiger partial charge is 0.573 e. The smallest absolute Gasteiger partial charge is 0.405 e. The van der Waals surface area contributed by atoms with Crippen molar-refractivity contribution < 1.29 is 22.7 Å². The molecule has 1 amide bonds. The topological polar surface area (TPSA) is 65.2 Å². The standard InChI is InChI=1S/C14H11F3N2O2/c1-8-6-7-19-12(11(8)13(18)20)9-4-2-3-5-10(9)21-14(15,16)17/h2-7H,1H3,(H2,18,20). The van der Waals surface area contributed by atoms with Crippen LogP contribution < -0.4 is 10.5 Å². The van der Waals surface area contributed by atoms with E-state index in [0.717, 1.165) is 6.07 Å². The van der Waals surface area contributed by atoms with E-state index in [2.05, 4.69) is 9.72 Å². The SMILES string of the molecule is Cc1ccnc(-c2ccccc2OC(F)(F)F)c1C(N)=O. The van der Waals surface area contributed by atoms with Crippen molar-refractivity contribution in [1.82, 2.24) is 4.98 Å². The Kier molecular flexibility index (Phi) is 3.84. The molecule has 0 fully saturated rings. The van der Waals surface area contributed by atoms with Gasteiger partial charge in [-0.3, -0.25) is 9.78 Å². The van der Waals surface area contributed by atoms with Gasteiger partial charge in [-0.15, -0.1) is 13.2 Å². The molecule has 2 rings (SSSR count). The summed E-state index contributed by atoms with van der Waals surface area (Å²) in [6.45, 7) is 1.62. The number of amides is 1. The van der Waals surface area contributed by atoms with E-state index in [4.69, 9.17) is 5.73 Å². The predicted molar refractivity (Wildman–Crippen MR) is 69.6 cm³/mol. The van der Waals surface area contributed by atoms with Crippen molar-refractivity contribution in [2.24, 2.45) is 5.73 Å². The average molecular weight is 296 g/mol. The number of rotatable bonds is 3. The highest BCUT2D eigenvalue weighted by atomic mass is 19.4. The molecule has 1 heterocycles. The van der Waals surface area contributed by atoms with Gasteiger partial charge in [-0.25, -0.2) is 0 Å². The number of carbonyl (C=O) groups is 1. The van der Waals surface area contributed by atoms with E-state index >= 15 is 0 Å². The molecule has 21 heavy (non-hydrogen) atoms. The van der Waals surface area contributed by atoms with E-state index < -0.39 is 18.0 Å². The second-order valence-electron chi connectivity index (χ2n) is 4.26. The normalized spacial score (nSPS) is 11.2. The minimum Gasteiger partial charge on any atom is -0.405 e. The number of aromatic nitrogens is 1. The molecule has 0 atom stereocenters. The summed E-state index contributed by atoms with van der Waals surface area (Å²) < 4.78 is 41.3. The molecule has 0 aliphatic rings. The first-order chi connectivity index (χ1) is 9.79. The molecule has 0 saturated heterocycles. The highest BCUT2D eigenvalue weighted by Crippen LogP contribution is 2.34. The van der Waals surface area contributed by atoms with Gasteiger partial charge < -0.3 is 10.5 Å². The summed E-state index contributed by atoms with van der Waals surface area (Å²) in [5.74, 6) is -1.21. The molecule has 0 spiro atoms. The summed E-state index contributed by atoms with van der Waals surface area (Å²) in [5, 5.41) is 0. The number of para-hydroxylation sites is 1. The van der Waals surface area contributed by atoms with E-state index in [0.29, 0.717) is 5.56 Å². The van der Waals surface area contributed by atoms with Crippen LogP contribution in [0.5, 0.6) is 5.75 Å². The van der Waals surface area contributed by atoms with Crippen LogP contribution >= 0.6 is 0 Å². The van der Waals surface area contributed by atoms with Crippen molar-refractivity contribution in [2.75, 3.05) is 0 Å². The fourth-order valence-corrected chi connectivity index (χ4v) is 1.95. The summed E-state index contributed by atoms with van der Waals surface area (Å²) in [4.78, 5) is 15.5. The summed E-state index contributed by atoms with van der Waals surface area (Å²) in [6, 6.07) is 7.00. The third-order valence-corrected chi connectivity index (χ3v) is 2.77. The molecule has 2 aromatic rings. The predicted octanol–water partition coefficient (Wildman–Crippen LogP) is 3.05. The van der Waals surface area contributed by atoms with Crippen molar-refractivity contribution in [3.05, 3.63) is 47.7 Å². The molecule has 1 aromatic heterocycles. The van der Waals surface area contributed by atoms with Gasteiger partial charge >= 0.3 is 6.36 Å². The zero-order chi connectivity index (χ0) is 15.6. The van der Waals surface area contributed by atoms with Gasteiger partial charge in [0.15, 0.2) is 0 Å². The fraction of sp³-hybridized carbons (Fsp3) is 0.143. The van der Waals surface area contributed by atoms with Gasteiger partial charge in [0.1, 0.15) is 5.75 Å². The number of halogens is 3. The van der Waals surface area contributed by atoms with Gasteiger partial charge in [-0.1, -0.05) is 12.1 Å². The number of benzene rings is 1. The van der Waals surface area contributed by atoms with Gasteiger partial charge in [-0.05, 0) is 30.7 Å². The molecule has 0 saturated carbocycles. The molecule has 0 radical (unpaired) electrons. The van der Waals surface area contributed by atoms with Crippen molar-refractivity contribution in [2.45, 2.75) is 13.3 Å². The van der Waals surface area contributed by atoms with Crippen LogP contribution in [0.1, 0.15) is 15.9 Å². The summed E-state index contributed by atoms with van der Waals surface area (Å²) in [7, 11) is 0. The molecule has 110 valence electrons. The lowest BCUT2D eigenvalue weighted by atomic mass is 10.0. The molecule has 4 nitrogen and oxygen atoms in total. The first-order valence-corrected chi connectivity index (χ1v) is 5.90. The maximum absolute atomic E-state index is 12.4. The van der Waals surface area contributed by atoms with E-state index in [-0.39, 0.29) is 16.8 Å². The van der Waals surface area contributed by atoms with E-state index in [1.54, 1.807) is 13.0 Å². The number of primary amides is 1. The summed E-state index contributed by atoms with van der Waals surface area (Å²) in [5.41, 5.74) is 5.98. The average Bonchev–Trinajstić information content (AvgIpc) is 2.36. The first kappa shape index (κ1) is 14.8. The molecule has 0 aliphatic carbocycles. The number of pyridine rings is 1. The Morgan fingerprint density at radius 2 is 1.90 bits per heavy atom. The lowest BCUT2D eigenvalue weighted by Crippen LogP contribution is -2.19. The maximum atomic E-state index is 12.4. The van der Waals surface area contributed by atoms with Gasteiger partial charge in [0.25, 0.3) is 5.91 Å². The monoisotopic (exact) mass is 296 g/mol. The van der Waals surface area contributed by atoms with Crippen molar-refractivity contribution in [3.8, 4) is 17.0 Å². The fourth-order valence-electron chi connectivity index (χ4n) is 1.95. The van der Waals surface area contributed by atoms with Crippen molar-refractivity contribution in [1.29, 1.82) is 0 Å². The number of nitrogens with zero attached hydrogens (tertiary/aromatic N) is 1. The van der Waals surface area contributed by atoms with E-state index in [1.165, 1.54) is 24.4 Å². The molecule has 2 N–H and O–H groups in total. The Bertz CT molecular complexity index is 684. The number of carbonyl (C=O) groups excluding carboxylic acids is 1. The molecule has 7 heteroatoms. The van der Waals surface area contributed by atoms with Crippen LogP contribution in [0.2, 0.25) is 0 Å².